The number of hydrogen-bond donors (Lipinski definition) is 4. The zero-order valence-electron chi connectivity index (χ0n) is 59.1. The lowest BCUT2D eigenvalue weighted by Gasteiger charge is -2.08. The Bertz CT molecular complexity index is 4270. The van der Waals surface area contributed by atoms with Gasteiger partial charge in [-0.1, -0.05) is 140 Å². The van der Waals surface area contributed by atoms with Gasteiger partial charge in [-0.05, 0) is 88.8 Å². The molecule has 0 unspecified atom stereocenters. The zero-order valence-corrected chi connectivity index (χ0v) is 68.4. The number of aromatic nitrogens is 15. The van der Waals surface area contributed by atoms with E-state index >= 15 is 0 Å². The van der Waals surface area contributed by atoms with Gasteiger partial charge in [0, 0.05) is 168 Å². The van der Waals surface area contributed by atoms with E-state index in [1.54, 1.807) is 90.0 Å². The van der Waals surface area contributed by atoms with Crippen LogP contribution in [-0.4, -0.2) is 141 Å². The van der Waals surface area contributed by atoms with Crippen LogP contribution in [0, 0.1) is 55.4 Å². The molecule has 0 aromatic carbocycles. The van der Waals surface area contributed by atoms with Gasteiger partial charge in [-0.15, -0.1) is 0 Å². The van der Waals surface area contributed by atoms with Crippen LogP contribution >= 0.6 is 140 Å². The molecule has 0 amide bonds. The Kier molecular flexibility index (Phi) is 38.0. The fourth-order valence-corrected chi connectivity index (χ4v) is 15.3. The van der Waals surface area contributed by atoms with E-state index in [9.17, 15) is 24.0 Å². The third-order valence-electron chi connectivity index (χ3n) is 13.1. The zero-order chi connectivity index (χ0) is 79.9. The first-order chi connectivity index (χ1) is 51.9. The molecule has 0 radical (unpaired) electrons. The highest BCUT2D eigenvalue weighted by molar-refractivity contribution is 7.99. The van der Waals surface area contributed by atoms with Gasteiger partial charge in [0.05, 0.1) is 48.2 Å². The van der Waals surface area contributed by atoms with Crippen LogP contribution in [0.1, 0.15) is 79.9 Å². The van der Waals surface area contributed by atoms with Crippen molar-refractivity contribution in [3.8, 4) is 29.4 Å². The number of aryl methyl sites for hydroxylation is 8. The second-order valence-corrected chi connectivity index (χ2v) is 29.3. The predicted molar refractivity (Wildman–Crippen MR) is 418 cm³/mol. The number of aliphatic hydroxyl groups excluding tert-OH is 2. The Labute approximate surface area is 681 Å². The topological polar surface area (TPSA) is 417 Å². The number of nitrogens with zero attached hydrogens (tertiary/aromatic N) is 15. The van der Waals surface area contributed by atoms with Gasteiger partial charge in [-0.2, -0.15) is 24.9 Å². The maximum absolute atomic E-state index is 11.2. The Balaban J connectivity index is 0.000000213. The van der Waals surface area contributed by atoms with Crippen molar-refractivity contribution in [3.05, 3.63) is 200 Å². The number of thioether (sulfide) groups is 5. The van der Waals surface area contributed by atoms with Gasteiger partial charge in [0.1, 0.15) is 13.2 Å². The van der Waals surface area contributed by atoms with Gasteiger partial charge >= 0.3 is 29.8 Å². The van der Waals surface area contributed by atoms with Crippen LogP contribution in [0.4, 0.5) is 0 Å². The number of halogens is 7. The molecule has 10 aromatic rings. The van der Waals surface area contributed by atoms with E-state index in [1.807, 2.05) is 20.8 Å². The van der Waals surface area contributed by atoms with E-state index in [0.717, 1.165) is 44.5 Å². The van der Waals surface area contributed by atoms with Gasteiger partial charge in [-0.25, -0.2) is 34.5 Å². The van der Waals surface area contributed by atoms with Gasteiger partial charge < -0.3 is 45.4 Å². The maximum Gasteiger partial charge on any atom is 0.338 e. The predicted octanol–water partition coefficient (Wildman–Crippen LogP) is 13.3. The minimum atomic E-state index is -0.783. The number of carbonyl (C=O) groups is 5. The van der Waals surface area contributed by atoms with Crippen LogP contribution in [0.5, 0.6) is 29.4 Å². The van der Waals surface area contributed by atoms with E-state index in [2.05, 4.69) is 74.8 Å². The number of hydrogen-bond acceptors (Lipinski definition) is 34. The third kappa shape index (κ3) is 31.4. The fraction of sp³-hybridized carbons (Fsp3) is 0.265. The summed E-state index contributed by atoms with van der Waals surface area (Å²) in [6.07, 6.45) is 16.1. The largest absolute Gasteiger partial charge is 0.407 e. The van der Waals surface area contributed by atoms with Crippen molar-refractivity contribution in [2.24, 2.45) is 11.5 Å². The summed E-state index contributed by atoms with van der Waals surface area (Å²) in [4.78, 5) is 118. The van der Waals surface area contributed by atoms with E-state index in [1.165, 1.54) is 103 Å². The van der Waals surface area contributed by atoms with Gasteiger partial charge in [0.25, 0.3) is 0 Å². The summed E-state index contributed by atoms with van der Waals surface area (Å²) in [6, 6.07) is 7.80. The van der Waals surface area contributed by atoms with E-state index in [4.69, 9.17) is 127 Å². The maximum atomic E-state index is 11.2. The Morgan fingerprint density at radius 3 is 0.734 bits per heavy atom. The van der Waals surface area contributed by atoms with Crippen LogP contribution < -0.4 is 35.2 Å². The van der Waals surface area contributed by atoms with Crippen LogP contribution in [0.2, 0.25) is 35.2 Å². The smallest absolute Gasteiger partial charge is 0.338 e. The van der Waals surface area contributed by atoms with Gasteiger partial charge in [-0.3, -0.25) is 39.3 Å². The highest BCUT2D eigenvalue weighted by Crippen LogP contribution is 2.35. The standard InChI is InChI=1S/2C14H15ClN4O2S.C14H14ClN3O3S.C13H11Cl2N3O3S.C13H11Cl2N3O2S/c2*1-8-5-17-6-11(15)10(8)7-22-14-18-9(2)3-12(19-14)21-13(20)4-16;1-8-4-16-5-11(15)10(8)7-22-14-17-9(2)3-12(18-14)21-13(20)6-19;1-7-2-11(21-12(20)5-19)18-13(17-7)22-6-8-9(14)3-16-4-10(8)15;1-7-3-12(20-8(2)19)18-13(17-7)21-6-9-10(14)4-16-5-11(9)15/h2*3,5-6H,4,7,16H2,1-2H3;3-5,19H,6-7H2,1-2H3;2-4,19H,5-6H2,1H3;3-5H,6H2,1-2H3. The summed E-state index contributed by atoms with van der Waals surface area (Å²) < 4.78 is 24.8. The van der Waals surface area contributed by atoms with Crippen LogP contribution in [0.15, 0.2) is 118 Å². The normalized spacial score (nSPS) is 10.5. The van der Waals surface area contributed by atoms with Crippen molar-refractivity contribution in [1.82, 2.24) is 74.8 Å². The molecule has 10 aromatic heterocycles. The highest BCUT2D eigenvalue weighted by atomic mass is 35.5. The first-order valence-corrected chi connectivity index (χ1v) is 38.9. The fourth-order valence-electron chi connectivity index (χ4n) is 7.97. The molecule has 0 saturated carbocycles. The Morgan fingerprint density at radius 1 is 0.321 bits per heavy atom. The van der Waals surface area contributed by atoms with Crippen molar-refractivity contribution < 1.29 is 57.9 Å². The summed E-state index contributed by atoms with van der Waals surface area (Å²) in [7, 11) is 0. The molecule has 109 heavy (non-hydrogen) atoms. The molecule has 6 N–H and O–H groups in total. The number of esters is 5. The lowest BCUT2D eigenvalue weighted by Crippen LogP contribution is -2.20. The molecule has 0 aliphatic heterocycles. The highest BCUT2D eigenvalue weighted by Gasteiger charge is 2.18. The number of aliphatic hydroxyl groups is 2. The molecule has 0 aliphatic rings. The molecule has 0 bridgehead atoms. The number of pyridine rings is 5. The number of carbonyl (C=O) groups excluding carboxylic acids is 5. The molecular weight excluding hydrogens is 1660 g/mol. The van der Waals surface area contributed by atoms with Gasteiger partial charge in [0.15, 0.2) is 25.8 Å². The minimum Gasteiger partial charge on any atom is -0.407 e. The Hall–Kier alpha value is -7.88. The summed E-state index contributed by atoms with van der Waals surface area (Å²) in [5, 5.41) is 23.5. The molecule has 0 fully saturated rings. The summed E-state index contributed by atoms with van der Waals surface area (Å²) in [5.74, 6) is 0.471. The molecule has 0 aliphatic carbocycles. The molecule has 0 saturated heterocycles. The lowest BCUT2D eigenvalue weighted by molar-refractivity contribution is -0.138. The summed E-state index contributed by atoms with van der Waals surface area (Å²) in [5.41, 5.74) is 21.2. The first-order valence-electron chi connectivity index (χ1n) is 31.3. The monoisotopic (exact) mass is 1720 g/mol. The van der Waals surface area contributed by atoms with Gasteiger partial charge in [0.2, 0.25) is 29.4 Å². The first kappa shape index (κ1) is 90.0. The summed E-state index contributed by atoms with van der Waals surface area (Å²) in [6.45, 7) is 14.3. The van der Waals surface area contributed by atoms with Crippen molar-refractivity contribution in [2.45, 2.75) is 117 Å². The molecule has 0 spiro atoms. The molecule has 574 valence electrons. The van der Waals surface area contributed by atoms with Crippen LogP contribution in [0.3, 0.4) is 0 Å². The molecule has 10 heterocycles. The second kappa shape index (κ2) is 46.1. The SMILES string of the molecule is CC(=O)Oc1cc(C)nc(SCc2c(Cl)cncc2Cl)n1.Cc1cc(OC(=O)CN)nc(SCc2c(C)cncc2Cl)n1.Cc1cc(OC(=O)CN)nc(SCc2c(C)cncc2Cl)n1.Cc1cc(OC(=O)CO)nc(SCc2c(C)cncc2Cl)n1.Cc1cc(OC(=O)CO)nc(SCc2c(Cl)cncc2Cl)n1. The average molecular weight is 1720 g/mol. The lowest BCUT2D eigenvalue weighted by atomic mass is 10.2. The number of nitrogens with two attached hydrogens (primary N) is 2. The quantitative estimate of drug-likeness (QED) is 0.0248. The molecule has 10 rings (SSSR count). The van der Waals surface area contributed by atoms with Crippen LogP contribution in [-0.2, 0) is 52.7 Å². The van der Waals surface area contributed by atoms with Crippen molar-refractivity contribution in [2.75, 3.05) is 26.3 Å². The van der Waals surface area contributed by atoms with E-state index < -0.39 is 43.1 Å². The van der Waals surface area contributed by atoms with Crippen LogP contribution in [0.25, 0.3) is 0 Å². The number of ether oxygens (including phenoxy) is 5. The summed E-state index contributed by atoms with van der Waals surface area (Å²) >= 11 is 49.5. The Morgan fingerprint density at radius 2 is 0.523 bits per heavy atom. The molecular formula is C68H66Cl7N17O12S5. The average Bonchev–Trinajstić information content (AvgIpc) is 0.863. The van der Waals surface area contributed by atoms with Crippen molar-refractivity contribution in [1.29, 1.82) is 0 Å². The molecule has 41 heteroatoms. The van der Waals surface area contributed by atoms with E-state index in [0.29, 0.717) is 118 Å². The number of rotatable bonds is 24. The molecule has 0 atom stereocenters. The second-order valence-electron chi connectivity index (χ2n) is 21.7. The van der Waals surface area contributed by atoms with Crippen molar-refractivity contribution >= 4 is 170 Å². The third-order valence-corrected chi connectivity index (χ3v) is 19.7. The minimum absolute atomic E-state index is 0.0842. The van der Waals surface area contributed by atoms with Crippen molar-refractivity contribution in [3.63, 3.8) is 0 Å². The van der Waals surface area contributed by atoms with E-state index in [-0.39, 0.29) is 42.5 Å². The molecule has 29 nitrogen and oxygen atoms in total.